The highest BCUT2D eigenvalue weighted by molar-refractivity contribution is 6.09. The van der Waals surface area contributed by atoms with Gasteiger partial charge < -0.3 is 15.5 Å². The maximum Gasteiger partial charge on any atom is 0.227 e. The van der Waals surface area contributed by atoms with Gasteiger partial charge in [-0.1, -0.05) is 48.5 Å². The number of benzene rings is 2. The number of amides is 1. The van der Waals surface area contributed by atoms with E-state index in [9.17, 15) is 9.59 Å². The molecule has 182 valence electrons. The normalized spacial score (nSPS) is 18.4. The number of hydrogen-bond acceptors (Lipinski definition) is 6. The summed E-state index contributed by atoms with van der Waals surface area (Å²) in [4.78, 5) is 36.6. The summed E-state index contributed by atoms with van der Waals surface area (Å²) in [6, 6.07) is 18.9. The molecule has 0 radical (unpaired) electrons. The van der Waals surface area contributed by atoms with Crippen molar-refractivity contribution in [2.45, 2.75) is 50.6 Å². The quantitative estimate of drug-likeness (QED) is 0.473. The summed E-state index contributed by atoms with van der Waals surface area (Å²) in [5.41, 5.74) is 2.09. The molecule has 7 heteroatoms. The highest BCUT2D eigenvalue weighted by Gasteiger charge is 2.25. The average molecular weight is 472 g/mol. The fourth-order valence-corrected chi connectivity index (χ4v) is 4.42. The Labute approximate surface area is 207 Å². The Hall–Kier alpha value is -3.74. The molecule has 35 heavy (non-hydrogen) atoms. The molecule has 0 saturated heterocycles. The van der Waals surface area contributed by atoms with Gasteiger partial charge in [0.1, 0.15) is 5.82 Å². The second-order valence-corrected chi connectivity index (χ2v) is 9.38. The van der Waals surface area contributed by atoms with Gasteiger partial charge in [0.2, 0.25) is 11.9 Å². The van der Waals surface area contributed by atoms with Crippen LogP contribution in [-0.2, 0) is 4.79 Å². The molecular weight excluding hydrogens is 438 g/mol. The minimum atomic E-state index is -0.337. The molecular formula is C28H33N5O2. The average Bonchev–Trinajstić information content (AvgIpc) is 2.89. The zero-order valence-electron chi connectivity index (χ0n) is 20.6. The largest absolute Gasteiger partial charge is 0.363 e. The third kappa shape index (κ3) is 6.23. The van der Waals surface area contributed by atoms with E-state index in [1.807, 2.05) is 68.4 Å². The van der Waals surface area contributed by atoms with E-state index in [0.717, 1.165) is 37.1 Å². The number of carbonyl (C=O) groups is 2. The van der Waals surface area contributed by atoms with Crippen molar-refractivity contribution < 1.29 is 9.59 Å². The Balaban J connectivity index is 1.30. The van der Waals surface area contributed by atoms with E-state index in [0.29, 0.717) is 23.1 Å². The third-order valence-corrected chi connectivity index (χ3v) is 6.58. The molecule has 0 aliphatic heterocycles. The van der Waals surface area contributed by atoms with Crippen molar-refractivity contribution in [2.75, 3.05) is 24.3 Å². The minimum Gasteiger partial charge on any atom is -0.363 e. The van der Waals surface area contributed by atoms with Gasteiger partial charge in [0.05, 0.1) is 5.92 Å². The van der Waals surface area contributed by atoms with E-state index in [1.165, 1.54) is 0 Å². The van der Waals surface area contributed by atoms with Crippen LogP contribution < -0.4 is 15.5 Å². The van der Waals surface area contributed by atoms with E-state index in [-0.39, 0.29) is 23.7 Å². The maximum atomic E-state index is 13.0. The highest BCUT2D eigenvalue weighted by atomic mass is 16.2. The number of ketones is 1. The predicted molar refractivity (Wildman–Crippen MR) is 139 cm³/mol. The zero-order valence-corrected chi connectivity index (χ0v) is 20.6. The Kier molecular flexibility index (Phi) is 7.75. The molecule has 1 aromatic heterocycles. The molecule has 1 fully saturated rings. The smallest absolute Gasteiger partial charge is 0.227 e. The summed E-state index contributed by atoms with van der Waals surface area (Å²) in [6.07, 6.45) is 5.44. The molecule has 0 bridgehead atoms. The van der Waals surface area contributed by atoms with Gasteiger partial charge in [-0.2, -0.15) is 4.98 Å². The van der Waals surface area contributed by atoms with Crippen LogP contribution in [0.2, 0.25) is 0 Å². The van der Waals surface area contributed by atoms with Crippen molar-refractivity contribution in [3.63, 3.8) is 0 Å². The molecule has 0 spiro atoms. The third-order valence-electron chi connectivity index (χ3n) is 6.58. The number of aromatic nitrogens is 2. The molecule has 1 amide bonds. The lowest BCUT2D eigenvalue weighted by molar-refractivity contribution is -0.123. The van der Waals surface area contributed by atoms with Crippen LogP contribution in [0.15, 0.2) is 66.9 Å². The molecule has 1 atom stereocenters. The van der Waals surface area contributed by atoms with Crippen molar-refractivity contribution in [3.8, 4) is 0 Å². The number of nitrogens with one attached hydrogen (secondary N) is 2. The molecule has 1 saturated carbocycles. The van der Waals surface area contributed by atoms with Crippen LogP contribution in [0.25, 0.3) is 0 Å². The van der Waals surface area contributed by atoms with Crippen LogP contribution in [0.1, 0.15) is 60.0 Å². The summed E-state index contributed by atoms with van der Waals surface area (Å²) in [5, 5.41) is 6.65. The van der Waals surface area contributed by atoms with Crippen molar-refractivity contribution in [3.05, 3.63) is 83.6 Å². The van der Waals surface area contributed by atoms with Crippen molar-refractivity contribution in [1.82, 2.24) is 15.3 Å². The Morgan fingerprint density at radius 1 is 0.914 bits per heavy atom. The summed E-state index contributed by atoms with van der Waals surface area (Å²) < 4.78 is 0. The van der Waals surface area contributed by atoms with Crippen molar-refractivity contribution in [1.29, 1.82) is 0 Å². The topological polar surface area (TPSA) is 87.2 Å². The van der Waals surface area contributed by atoms with Crippen LogP contribution in [-0.4, -0.2) is 47.8 Å². The van der Waals surface area contributed by atoms with Crippen molar-refractivity contribution in [2.24, 2.45) is 0 Å². The number of anilines is 2. The summed E-state index contributed by atoms with van der Waals surface area (Å²) >= 11 is 0. The standard InChI is InChI=1S/C28H33N5O2/c1-19(21-10-7-11-22(18-21)26(34)20-8-5-4-6-9-20)27(35)30-23-12-14-24(15-13-23)31-28-29-17-16-25(32-28)33(2)3/h4-11,16-19,23-24H,12-15H2,1-3H3,(H,30,35)(H,29,31,32)/t19-,23?,24?/m0/s1. The number of nitrogens with zero attached hydrogens (tertiary/aromatic N) is 3. The summed E-state index contributed by atoms with van der Waals surface area (Å²) in [5.74, 6) is 1.13. The fourth-order valence-electron chi connectivity index (χ4n) is 4.42. The first-order valence-electron chi connectivity index (χ1n) is 12.2. The van der Waals surface area contributed by atoms with Gasteiger partial charge in [0, 0.05) is 43.5 Å². The van der Waals surface area contributed by atoms with Gasteiger partial charge in [-0.3, -0.25) is 9.59 Å². The maximum absolute atomic E-state index is 13.0. The molecule has 7 nitrogen and oxygen atoms in total. The minimum absolute atomic E-state index is 0.00673. The lowest BCUT2D eigenvalue weighted by Gasteiger charge is -2.30. The SMILES string of the molecule is C[C@H](C(=O)NC1CCC(Nc2nccc(N(C)C)n2)CC1)c1cccc(C(=O)c2ccccc2)c1. The number of carbonyl (C=O) groups excluding carboxylic acids is 2. The molecule has 2 N–H and O–H groups in total. The molecule has 0 unspecified atom stereocenters. The van der Waals surface area contributed by atoms with Crippen LogP contribution in [0.4, 0.5) is 11.8 Å². The summed E-state index contributed by atoms with van der Waals surface area (Å²) in [6.45, 7) is 1.89. The molecule has 4 rings (SSSR count). The van der Waals surface area contributed by atoms with E-state index in [4.69, 9.17) is 0 Å². The van der Waals surface area contributed by atoms with Gasteiger partial charge in [-0.05, 0) is 50.3 Å². The number of rotatable bonds is 8. The second-order valence-electron chi connectivity index (χ2n) is 9.38. The Bertz CT molecular complexity index is 1160. The molecule has 1 heterocycles. The lowest BCUT2D eigenvalue weighted by Crippen LogP contribution is -2.41. The Morgan fingerprint density at radius 2 is 1.60 bits per heavy atom. The first kappa shape index (κ1) is 24.4. The van der Waals surface area contributed by atoms with E-state index in [2.05, 4.69) is 20.6 Å². The molecule has 3 aromatic rings. The second kappa shape index (κ2) is 11.1. The number of hydrogen-bond donors (Lipinski definition) is 2. The molecule has 1 aliphatic rings. The predicted octanol–water partition coefficient (Wildman–Crippen LogP) is 4.42. The monoisotopic (exact) mass is 471 g/mol. The van der Waals surface area contributed by atoms with E-state index >= 15 is 0 Å². The zero-order chi connectivity index (χ0) is 24.8. The first-order chi connectivity index (χ1) is 16.9. The van der Waals surface area contributed by atoms with E-state index in [1.54, 1.807) is 24.4 Å². The van der Waals surface area contributed by atoms with Crippen LogP contribution in [0, 0.1) is 0 Å². The Morgan fingerprint density at radius 3 is 2.31 bits per heavy atom. The van der Waals surface area contributed by atoms with Gasteiger partial charge in [0.15, 0.2) is 5.78 Å². The van der Waals surface area contributed by atoms with Gasteiger partial charge in [-0.25, -0.2) is 4.98 Å². The lowest BCUT2D eigenvalue weighted by atomic mass is 9.90. The van der Waals surface area contributed by atoms with Crippen LogP contribution in [0.3, 0.4) is 0 Å². The molecule has 2 aromatic carbocycles. The van der Waals surface area contributed by atoms with Crippen LogP contribution in [0.5, 0.6) is 0 Å². The first-order valence-corrected chi connectivity index (χ1v) is 12.2. The van der Waals surface area contributed by atoms with Gasteiger partial charge >= 0.3 is 0 Å². The van der Waals surface area contributed by atoms with Gasteiger partial charge in [0.25, 0.3) is 0 Å². The fraction of sp³-hybridized carbons (Fsp3) is 0.357. The highest BCUT2D eigenvalue weighted by Crippen LogP contribution is 2.24. The van der Waals surface area contributed by atoms with Crippen molar-refractivity contribution >= 4 is 23.5 Å². The van der Waals surface area contributed by atoms with E-state index < -0.39 is 0 Å². The van der Waals surface area contributed by atoms with Gasteiger partial charge in [-0.15, -0.1) is 0 Å². The van der Waals surface area contributed by atoms with Crippen LogP contribution >= 0.6 is 0 Å². The summed E-state index contributed by atoms with van der Waals surface area (Å²) in [7, 11) is 3.91. The molecule has 1 aliphatic carbocycles.